The third-order valence-electron chi connectivity index (χ3n) is 5.13. The van der Waals surface area contributed by atoms with Crippen molar-refractivity contribution in [1.29, 1.82) is 0 Å². The van der Waals surface area contributed by atoms with Crippen LogP contribution in [0, 0.1) is 19.8 Å². The van der Waals surface area contributed by atoms with Crippen molar-refractivity contribution in [3.63, 3.8) is 0 Å². The van der Waals surface area contributed by atoms with Crippen LogP contribution in [0.3, 0.4) is 0 Å². The molecule has 28 heavy (non-hydrogen) atoms. The van der Waals surface area contributed by atoms with Gasteiger partial charge in [0.05, 0.1) is 4.90 Å². The van der Waals surface area contributed by atoms with Crippen LogP contribution in [0.25, 0.3) is 0 Å². The summed E-state index contributed by atoms with van der Waals surface area (Å²) < 4.78 is 27.1. The number of anilines is 2. The molecule has 0 bridgehead atoms. The van der Waals surface area contributed by atoms with E-state index in [1.165, 1.54) is 0 Å². The predicted molar refractivity (Wildman–Crippen MR) is 112 cm³/mol. The number of hydrogen-bond acceptors (Lipinski definition) is 3. The van der Waals surface area contributed by atoms with Gasteiger partial charge in [0, 0.05) is 24.5 Å². The van der Waals surface area contributed by atoms with E-state index >= 15 is 0 Å². The Morgan fingerprint density at radius 2 is 1.64 bits per heavy atom. The highest BCUT2D eigenvalue weighted by Gasteiger charge is 2.28. The summed E-state index contributed by atoms with van der Waals surface area (Å²) in [5.74, 6) is 0.374. The lowest BCUT2D eigenvalue weighted by Crippen LogP contribution is -2.39. The molecule has 1 saturated heterocycles. The van der Waals surface area contributed by atoms with E-state index in [2.05, 4.69) is 17.6 Å². The van der Waals surface area contributed by atoms with Crippen LogP contribution < -0.4 is 10.6 Å². The summed E-state index contributed by atoms with van der Waals surface area (Å²) in [6.45, 7) is 7.19. The van der Waals surface area contributed by atoms with Crippen molar-refractivity contribution in [2.24, 2.45) is 5.92 Å². The third kappa shape index (κ3) is 4.72. The number of sulfonamides is 1. The molecule has 1 fully saturated rings. The van der Waals surface area contributed by atoms with Crippen LogP contribution in [0.15, 0.2) is 47.4 Å². The summed E-state index contributed by atoms with van der Waals surface area (Å²) in [7, 11) is -3.49. The van der Waals surface area contributed by atoms with Gasteiger partial charge in [0.25, 0.3) is 0 Å². The molecule has 0 aromatic heterocycles. The minimum Gasteiger partial charge on any atom is -0.308 e. The van der Waals surface area contributed by atoms with Crippen LogP contribution in [-0.4, -0.2) is 31.8 Å². The zero-order valence-electron chi connectivity index (χ0n) is 16.5. The molecule has 1 atom stereocenters. The van der Waals surface area contributed by atoms with E-state index in [4.69, 9.17) is 0 Å². The van der Waals surface area contributed by atoms with Crippen LogP contribution in [0.1, 0.15) is 30.9 Å². The first kappa shape index (κ1) is 20.4. The van der Waals surface area contributed by atoms with Gasteiger partial charge in [-0.15, -0.1) is 0 Å². The molecule has 2 aromatic carbocycles. The van der Waals surface area contributed by atoms with Gasteiger partial charge in [-0.2, -0.15) is 4.31 Å². The molecule has 150 valence electrons. The van der Waals surface area contributed by atoms with Crippen LogP contribution in [-0.2, 0) is 10.0 Å². The second kappa shape index (κ2) is 8.32. The summed E-state index contributed by atoms with van der Waals surface area (Å²) in [5.41, 5.74) is 3.50. The fraction of sp³-hybridized carbons (Fsp3) is 0.381. The maximum Gasteiger partial charge on any atom is 0.323 e. The average molecular weight is 402 g/mol. The van der Waals surface area contributed by atoms with Crippen molar-refractivity contribution in [2.45, 2.75) is 38.5 Å². The first-order chi connectivity index (χ1) is 13.3. The van der Waals surface area contributed by atoms with E-state index in [9.17, 15) is 13.2 Å². The molecule has 6 nitrogen and oxygen atoms in total. The summed E-state index contributed by atoms with van der Waals surface area (Å²) in [4.78, 5) is 12.4. The maximum atomic E-state index is 12.8. The predicted octanol–water partition coefficient (Wildman–Crippen LogP) is 4.37. The summed E-state index contributed by atoms with van der Waals surface area (Å²) in [5, 5.41) is 5.51. The molecule has 0 aliphatic carbocycles. The molecule has 0 spiro atoms. The van der Waals surface area contributed by atoms with Crippen molar-refractivity contribution in [2.75, 3.05) is 23.7 Å². The molecular weight excluding hydrogens is 374 g/mol. The molecule has 3 rings (SSSR count). The van der Waals surface area contributed by atoms with Crippen molar-refractivity contribution >= 4 is 27.4 Å². The number of rotatable bonds is 4. The molecule has 0 unspecified atom stereocenters. The van der Waals surface area contributed by atoms with Crippen LogP contribution in [0.2, 0.25) is 0 Å². The zero-order chi connectivity index (χ0) is 20.3. The van der Waals surface area contributed by atoms with E-state index in [1.54, 1.807) is 28.6 Å². The van der Waals surface area contributed by atoms with Crippen molar-refractivity contribution in [1.82, 2.24) is 4.31 Å². The Bertz CT molecular complexity index is 955. The Morgan fingerprint density at radius 1 is 1.00 bits per heavy atom. The maximum absolute atomic E-state index is 12.8. The standard InChI is InChI=1S/C21H27N3O3S/c1-15-5-4-12-24(14-15)28(26,27)20-10-8-18(9-11-20)22-21(25)23-19-7-6-16(2)17(3)13-19/h6-11,13,15H,4-5,12,14H2,1-3H3,(H2,22,23,25)/t15-/m0/s1. The fourth-order valence-electron chi connectivity index (χ4n) is 3.34. The monoisotopic (exact) mass is 401 g/mol. The van der Waals surface area contributed by atoms with Gasteiger partial charge >= 0.3 is 6.03 Å². The molecule has 1 heterocycles. The lowest BCUT2D eigenvalue weighted by molar-refractivity contribution is 0.262. The summed E-state index contributed by atoms with van der Waals surface area (Å²) >= 11 is 0. The Hall–Kier alpha value is -2.38. The number of carbonyl (C=O) groups excluding carboxylic acids is 1. The van der Waals surface area contributed by atoms with Crippen LogP contribution in [0.4, 0.5) is 16.2 Å². The molecule has 1 aliphatic heterocycles. The number of carbonyl (C=O) groups is 1. The van der Waals surface area contributed by atoms with Gasteiger partial charge in [-0.05, 0) is 80.1 Å². The summed E-state index contributed by atoms with van der Waals surface area (Å²) in [6.07, 6.45) is 1.95. The molecule has 2 N–H and O–H groups in total. The number of nitrogens with one attached hydrogen (secondary N) is 2. The van der Waals surface area contributed by atoms with E-state index in [-0.39, 0.29) is 10.9 Å². The number of benzene rings is 2. The first-order valence-corrected chi connectivity index (χ1v) is 10.9. The molecule has 2 amide bonds. The average Bonchev–Trinajstić information content (AvgIpc) is 2.65. The molecule has 0 radical (unpaired) electrons. The fourth-order valence-corrected chi connectivity index (χ4v) is 4.93. The quantitative estimate of drug-likeness (QED) is 0.799. The number of piperidine rings is 1. The number of amides is 2. The largest absolute Gasteiger partial charge is 0.323 e. The van der Waals surface area contributed by atoms with Crippen molar-refractivity contribution < 1.29 is 13.2 Å². The van der Waals surface area contributed by atoms with Crippen LogP contribution in [0.5, 0.6) is 0 Å². The zero-order valence-corrected chi connectivity index (χ0v) is 17.3. The SMILES string of the molecule is Cc1ccc(NC(=O)Nc2ccc(S(=O)(=O)N3CCC[C@H](C)C3)cc2)cc1C. The van der Waals surface area contributed by atoms with E-state index in [0.29, 0.717) is 30.4 Å². The van der Waals surface area contributed by atoms with Gasteiger partial charge in [0.15, 0.2) is 0 Å². The van der Waals surface area contributed by atoms with E-state index < -0.39 is 10.0 Å². The van der Waals surface area contributed by atoms with Crippen molar-refractivity contribution in [3.8, 4) is 0 Å². The molecule has 0 saturated carbocycles. The molecule has 1 aliphatic rings. The van der Waals surface area contributed by atoms with Crippen LogP contribution >= 0.6 is 0 Å². The number of nitrogens with zero attached hydrogens (tertiary/aromatic N) is 1. The second-order valence-corrected chi connectivity index (χ2v) is 9.45. The van der Waals surface area contributed by atoms with E-state index in [1.807, 2.05) is 32.0 Å². The Morgan fingerprint density at radius 3 is 2.29 bits per heavy atom. The van der Waals surface area contributed by atoms with E-state index in [0.717, 1.165) is 24.0 Å². The minimum atomic E-state index is -3.49. The minimum absolute atomic E-state index is 0.252. The molecule has 7 heteroatoms. The van der Waals surface area contributed by atoms with Gasteiger partial charge in [-0.25, -0.2) is 13.2 Å². The van der Waals surface area contributed by atoms with Gasteiger partial charge in [-0.1, -0.05) is 13.0 Å². The van der Waals surface area contributed by atoms with Crippen molar-refractivity contribution in [3.05, 3.63) is 53.6 Å². The second-order valence-electron chi connectivity index (χ2n) is 7.51. The smallest absolute Gasteiger partial charge is 0.308 e. The number of aryl methyl sites for hydroxylation is 2. The van der Waals surface area contributed by atoms with Gasteiger partial charge in [-0.3, -0.25) is 0 Å². The highest BCUT2D eigenvalue weighted by molar-refractivity contribution is 7.89. The highest BCUT2D eigenvalue weighted by Crippen LogP contribution is 2.24. The van der Waals surface area contributed by atoms with Gasteiger partial charge < -0.3 is 10.6 Å². The number of hydrogen-bond donors (Lipinski definition) is 2. The Labute approximate surface area is 167 Å². The molecular formula is C21H27N3O3S. The van der Waals surface area contributed by atoms with Gasteiger partial charge in [0.1, 0.15) is 0 Å². The van der Waals surface area contributed by atoms with Gasteiger partial charge in [0.2, 0.25) is 10.0 Å². The lowest BCUT2D eigenvalue weighted by Gasteiger charge is -2.30. The topological polar surface area (TPSA) is 78.5 Å². The highest BCUT2D eigenvalue weighted by atomic mass is 32.2. The molecule has 2 aromatic rings. The Balaban J connectivity index is 1.65. The lowest BCUT2D eigenvalue weighted by atomic mass is 10.0. The Kier molecular flexibility index (Phi) is 6.05. The normalized spacial score (nSPS) is 17.9. The summed E-state index contributed by atoms with van der Waals surface area (Å²) in [6, 6.07) is 11.6. The number of urea groups is 1. The third-order valence-corrected chi connectivity index (χ3v) is 7.01. The first-order valence-electron chi connectivity index (χ1n) is 9.51.